The first-order valence-corrected chi connectivity index (χ1v) is 15.6. The Bertz CT molecular complexity index is 1550. The van der Waals surface area contributed by atoms with Crippen LogP contribution < -0.4 is 5.32 Å². The van der Waals surface area contributed by atoms with E-state index >= 15 is 0 Å². The van der Waals surface area contributed by atoms with Crippen molar-refractivity contribution in [2.45, 2.75) is 97.6 Å². The van der Waals surface area contributed by atoms with Crippen molar-refractivity contribution >= 4 is 17.9 Å². The molecule has 6 rings (SSSR count). The summed E-state index contributed by atoms with van der Waals surface area (Å²) >= 11 is 0. The summed E-state index contributed by atoms with van der Waals surface area (Å²) in [5.41, 5.74) is 3.17. The molecule has 1 unspecified atom stereocenters. The van der Waals surface area contributed by atoms with Gasteiger partial charge in [-0.05, 0) is 56.6 Å². The molecule has 234 valence electrons. The largest absolute Gasteiger partial charge is 0.449 e. The number of aryl methyl sites for hydroxylation is 1. The molecular formula is C33H42N6O5. The molecule has 4 atom stereocenters. The first kappa shape index (κ1) is 29.9. The minimum absolute atomic E-state index is 0.0551. The number of nitrogens with zero attached hydrogens (tertiary/aromatic N) is 5. The van der Waals surface area contributed by atoms with E-state index in [1.165, 1.54) is 11.1 Å². The molecule has 0 saturated carbocycles. The van der Waals surface area contributed by atoms with Crippen molar-refractivity contribution in [1.82, 2.24) is 29.7 Å². The Kier molecular flexibility index (Phi) is 7.75. The van der Waals surface area contributed by atoms with Crippen LogP contribution >= 0.6 is 0 Å². The SMILES string of the molecule is CC[C@H](C)[C@@H]1C(=O)N[C@H](C2Cc3ccccc3C2)C(=O)N1C(c1coc(C)n1)c1ncc2n1CCN(C(=O)OC(C)(C)C)C2. The molecule has 3 aromatic rings. The number of carbonyl (C=O) groups excluding carboxylic acids is 3. The fourth-order valence-corrected chi connectivity index (χ4v) is 6.83. The lowest BCUT2D eigenvalue weighted by Gasteiger charge is -2.46. The molecule has 3 aliphatic rings. The first-order valence-electron chi connectivity index (χ1n) is 15.6. The highest BCUT2D eigenvalue weighted by atomic mass is 16.6. The third-order valence-electron chi connectivity index (χ3n) is 9.13. The van der Waals surface area contributed by atoms with Crippen molar-refractivity contribution in [3.05, 3.63) is 71.0 Å². The van der Waals surface area contributed by atoms with Gasteiger partial charge in [0.1, 0.15) is 41.5 Å². The second-order valence-corrected chi connectivity index (χ2v) is 13.4. The van der Waals surface area contributed by atoms with Crippen LogP contribution in [0.5, 0.6) is 0 Å². The average molecular weight is 603 g/mol. The third kappa shape index (κ3) is 5.48. The molecule has 3 amide bonds. The van der Waals surface area contributed by atoms with Gasteiger partial charge in [0.25, 0.3) is 0 Å². The molecule has 11 nitrogen and oxygen atoms in total. The van der Waals surface area contributed by atoms with Crippen molar-refractivity contribution in [3.63, 3.8) is 0 Å². The molecule has 2 aliphatic heterocycles. The summed E-state index contributed by atoms with van der Waals surface area (Å²) in [5.74, 6) is 0.592. The van der Waals surface area contributed by atoms with Gasteiger partial charge in [0.2, 0.25) is 11.8 Å². The van der Waals surface area contributed by atoms with Crippen LogP contribution in [0.2, 0.25) is 0 Å². The van der Waals surface area contributed by atoms with Crippen molar-refractivity contribution in [1.29, 1.82) is 0 Å². The van der Waals surface area contributed by atoms with Gasteiger partial charge in [0.15, 0.2) is 5.89 Å². The van der Waals surface area contributed by atoms with E-state index in [2.05, 4.69) is 22.4 Å². The van der Waals surface area contributed by atoms with E-state index in [1.807, 2.05) is 51.3 Å². The molecule has 2 aromatic heterocycles. The van der Waals surface area contributed by atoms with Crippen LogP contribution in [-0.2, 0) is 40.3 Å². The predicted octanol–water partition coefficient (Wildman–Crippen LogP) is 4.18. The Hall–Kier alpha value is -4.15. The number of rotatable bonds is 6. The quantitative estimate of drug-likeness (QED) is 0.449. The minimum Gasteiger partial charge on any atom is -0.449 e. The number of imidazole rings is 1. The van der Waals surface area contributed by atoms with Gasteiger partial charge >= 0.3 is 6.09 Å². The molecule has 0 spiro atoms. The Morgan fingerprint density at radius 3 is 2.48 bits per heavy atom. The lowest BCUT2D eigenvalue weighted by molar-refractivity contribution is -0.155. The van der Waals surface area contributed by atoms with E-state index in [0.29, 0.717) is 43.5 Å². The molecule has 44 heavy (non-hydrogen) atoms. The van der Waals surface area contributed by atoms with Crippen LogP contribution in [0.1, 0.15) is 81.3 Å². The van der Waals surface area contributed by atoms with Gasteiger partial charge in [-0.25, -0.2) is 14.8 Å². The monoisotopic (exact) mass is 602 g/mol. The van der Waals surface area contributed by atoms with Crippen molar-refractivity contribution < 1.29 is 23.5 Å². The zero-order chi connectivity index (χ0) is 31.3. The van der Waals surface area contributed by atoms with Gasteiger partial charge in [-0.1, -0.05) is 44.5 Å². The van der Waals surface area contributed by atoms with Crippen molar-refractivity contribution in [2.24, 2.45) is 11.8 Å². The van der Waals surface area contributed by atoms with Gasteiger partial charge in [0.05, 0.1) is 18.4 Å². The summed E-state index contributed by atoms with van der Waals surface area (Å²) in [4.78, 5) is 54.5. The Balaban J connectivity index is 1.39. The van der Waals surface area contributed by atoms with E-state index in [1.54, 1.807) is 29.2 Å². The number of hydrogen-bond acceptors (Lipinski definition) is 7. The smallest absolute Gasteiger partial charge is 0.410 e. The highest BCUT2D eigenvalue weighted by molar-refractivity contribution is 5.98. The molecular weight excluding hydrogens is 560 g/mol. The number of aromatic nitrogens is 3. The maximum absolute atomic E-state index is 14.7. The van der Waals surface area contributed by atoms with Gasteiger partial charge in [0, 0.05) is 20.0 Å². The van der Waals surface area contributed by atoms with Crippen LogP contribution in [0.3, 0.4) is 0 Å². The zero-order valence-electron chi connectivity index (χ0n) is 26.4. The number of benzene rings is 1. The van der Waals surface area contributed by atoms with Crippen LogP contribution in [-0.4, -0.2) is 66.5 Å². The molecule has 4 heterocycles. The summed E-state index contributed by atoms with van der Waals surface area (Å²) in [7, 11) is 0. The second kappa shape index (κ2) is 11.4. The Morgan fingerprint density at radius 2 is 1.86 bits per heavy atom. The number of oxazole rings is 1. The molecule has 1 aliphatic carbocycles. The van der Waals surface area contributed by atoms with E-state index in [4.69, 9.17) is 14.1 Å². The van der Waals surface area contributed by atoms with Gasteiger partial charge in [-0.3, -0.25) is 9.59 Å². The number of fused-ring (bicyclic) bond motifs is 2. The molecule has 1 saturated heterocycles. The van der Waals surface area contributed by atoms with E-state index in [0.717, 1.165) is 18.5 Å². The molecule has 0 radical (unpaired) electrons. The zero-order valence-corrected chi connectivity index (χ0v) is 26.4. The standard InChI is InChI=1S/C33H42N6O5/c1-7-19(2)27-30(40)36-26(23-14-21-10-8-9-11-22(21)15-23)31(41)39(27)28(25-18-43-20(3)35-25)29-34-16-24-17-37(12-13-38(24)29)32(42)44-33(4,5)6/h8-11,16,18-19,23,26-28H,7,12-15,17H2,1-6H3,(H,36,40)/t19-,26+,27+,28?/m0/s1. The summed E-state index contributed by atoms with van der Waals surface area (Å²) < 4.78 is 13.3. The van der Waals surface area contributed by atoms with Crippen molar-refractivity contribution in [2.75, 3.05) is 6.54 Å². The predicted molar refractivity (Wildman–Crippen MR) is 161 cm³/mol. The number of ether oxygens (including phenoxy) is 1. The number of carbonyl (C=O) groups is 3. The van der Waals surface area contributed by atoms with E-state index in [9.17, 15) is 14.4 Å². The summed E-state index contributed by atoms with van der Waals surface area (Å²) in [5, 5.41) is 3.13. The number of amides is 3. The maximum Gasteiger partial charge on any atom is 0.410 e. The van der Waals surface area contributed by atoms with Gasteiger partial charge < -0.3 is 28.8 Å². The highest BCUT2D eigenvalue weighted by Crippen LogP contribution is 2.38. The lowest BCUT2D eigenvalue weighted by Crippen LogP contribution is -2.67. The van der Waals surface area contributed by atoms with E-state index < -0.39 is 23.7 Å². The van der Waals surface area contributed by atoms with Gasteiger partial charge in [-0.15, -0.1) is 0 Å². The molecule has 1 aromatic carbocycles. The summed E-state index contributed by atoms with van der Waals surface area (Å²) in [6, 6.07) is 6.08. The second-order valence-electron chi connectivity index (χ2n) is 13.4. The van der Waals surface area contributed by atoms with Gasteiger partial charge in [-0.2, -0.15) is 0 Å². The van der Waals surface area contributed by atoms with Crippen LogP contribution in [0.4, 0.5) is 4.79 Å². The summed E-state index contributed by atoms with van der Waals surface area (Å²) in [6.07, 6.45) is 5.07. The number of piperazine rings is 1. The number of hydrogen-bond donors (Lipinski definition) is 1. The van der Waals surface area contributed by atoms with Crippen molar-refractivity contribution in [3.8, 4) is 0 Å². The maximum atomic E-state index is 14.7. The topological polar surface area (TPSA) is 123 Å². The molecule has 1 fully saturated rings. The van der Waals surface area contributed by atoms with Crippen LogP contribution in [0.15, 0.2) is 41.1 Å². The normalized spacial score (nSPS) is 22.0. The average Bonchev–Trinajstić information content (AvgIpc) is 3.71. The van der Waals surface area contributed by atoms with Crippen LogP contribution in [0, 0.1) is 18.8 Å². The first-order chi connectivity index (χ1) is 20.9. The number of nitrogens with one attached hydrogen (secondary N) is 1. The lowest BCUT2D eigenvalue weighted by atomic mass is 9.86. The summed E-state index contributed by atoms with van der Waals surface area (Å²) in [6.45, 7) is 12.5. The fraction of sp³-hybridized carbons (Fsp3) is 0.545. The fourth-order valence-electron chi connectivity index (χ4n) is 6.83. The third-order valence-corrected chi connectivity index (χ3v) is 9.13. The molecule has 1 N–H and O–H groups in total. The molecule has 0 bridgehead atoms. The van der Waals surface area contributed by atoms with Crippen LogP contribution in [0.25, 0.3) is 0 Å². The molecule has 11 heteroatoms. The Morgan fingerprint density at radius 1 is 1.16 bits per heavy atom. The minimum atomic E-state index is -0.752. The Labute approximate surface area is 258 Å². The van der Waals surface area contributed by atoms with E-state index in [-0.39, 0.29) is 29.7 Å². The highest BCUT2D eigenvalue weighted by Gasteiger charge is 2.51.